The Hall–Kier alpha value is -7.26. The Morgan fingerprint density at radius 2 is 1.12 bits per heavy atom. The third-order valence-electron chi connectivity index (χ3n) is 12.5. The smallest absolute Gasteiger partial charge is 0.0838 e. The van der Waals surface area contributed by atoms with Gasteiger partial charge in [0.15, 0.2) is 0 Å². The highest BCUT2D eigenvalue weighted by Crippen LogP contribution is 2.42. The fraction of sp³-hybridized carbons (Fsp3) is 0.182. The second-order valence-corrected chi connectivity index (χ2v) is 16.5. The maximum atomic E-state index is 7.58. The Morgan fingerprint density at radius 1 is 0.544 bits per heavy atom. The third kappa shape index (κ3) is 11.5. The van der Waals surface area contributed by atoms with Crippen molar-refractivity contribution in [2.45, 2.75) is 80.2 Å². The van der Waals surface area contributed by atoms with Gasteiger partial charge in [0, 0.05) is 11.3 Å². The second kappa shape index (κ2) is 24.5. The van der Waals surface area contributed by atoms with Crippen molar-refractivity contribution in [3.63, 3.8) is 0 Å². The molecule has 0 aliphatic heterocycles. The number of aryl methyl sites for hydroxylation is 2. The van der Waals surface area contributed by atoms with Crippen LogP contribution in [0, 0.1) is 13.8 Å². The zero-order valence-corrected chi connectivity index (χ0v) is 41.6. The molecule has 0 fully saturated rings. The lowest BCUT2D eigenvalue weighted by molar-refractivity contribution is 0.625. The molecular formula is C66H70N2. The van der Waals surface area contributed by atoms with Crippen molar-refractivity contribution < 1.29 is 0 Å². The standard InChI is InChI=1S/C60H52N2.3C2H6/c1-42-17-12-14-26-52(42)56-40-58(48-32-30-47(31-33-48)53(45-20-8-4-9-21-45)38-29-44-18-6-3-7-19-44)57(39-43(56)2)49-34-36-51(37-35-49)60(62,50-24-10-5-11-25-50)41-59(61)55-28-16-23-46-22-13-15-27-54(46)55;3*1-2/h3-10,12-24,26-28,30-41H,11,25,29,61-62H2,1-2H3;3*1-2H3/b53-38-,59-41-;;;. The summed E-state index contributed by atoms with van der Waals surface area (Å²) in [6.07, 6.45) is 13.6. The molecule has 0 saturated carbocycles. The minimum atomic E-state index is -0.905. The average Bonchev–Trinajstić information content (AvgIpc) is 3.41. The van der Waals surface area contributed by atoms with Crippen LogP contribution in [0.4, 0.5) is 0 Å². The lowest BCUT2D eigenvalue weighted by atomic mass is 9.78. The van der Waals surface area contributed by atoms with Crippen LogP contribution >= 0.6 is 0 Å². The van der Waals surface area contributed by atoms with Gasteiger partial charge in [-0.2, -0.15) is 0 Å². The molecule has 0 aromatic heterocycles. The number of fused-ring (bicyclic) bond motifs is 1. The Kier molecular flexibility index (Phi) is 18.1. The molecule has 0 heterocycles. The van der Waals surface area contributed by atoms with Gasteiger partial charge in [0.25, 0.3) is 0 Å². The summed E-state index contributed by atoms with van der Waals surface area (Å²) in [6.45, 7) is 16.4. The van der Waals surface area contributed by atoms with Gasteiger partial charge in [-0.05, 0) is 134 Å². The minimum Gasteiger partial charge on any atom is -0.398 e. The van der Waals surface area contributed by atoms with E-state index in [9.17, 15) is 0 Å². The van der Waals surface area contributed by atoms with E-state index in [4.69, 9.17) is 11.5 Å². The number of hydrogen-bond donors (Lipinski definition) is 2. The van der Waals surface area contributed by atoms with Crippen molar-refractivity contribution in [2.24, 2.45) is 11.5 Å². The fourth-order valence-corrected chi connectivity index (χ4v) is 9.07. The molecule has 9 rings (SSSR count). The predicted octanol–water partition coefficient (Wildman–Crippen LogP) is 17.6. The SMILES string of the molecule is CC.CC.CC.Cc1ccccc1-c1cc(-c2ccc(/C(=C\Cc3ccccc3)c3ccccc3)cc2)c(-c2ccc(C(N)(/C=C(\N)c3cccc4ccccc34)C3=CC=CCC3)cc2)cc1C. The molecule has 1 atom stereocenters. The summed E-state index contributed by atoms with van der Waals surface area (Å²) in [5, 5.41) is 2.27. The van der Waals surface area contributed by atoms with Crippen LogP contribution in [0.15, 0.2) is 224 Å². The summed E-state index contributed by atoms with van der Waals surface area (Å²) in [5.41, 5.74) is 32.0. The molecule has 2 heteroatoms. The van der Waals surface area contributed by atoms with Gasteiger partial charge in [-0.25, -0.2) is 0 Å². The Bertz CT molecular complexity index is 2980. The van der Waals surface area contributed by atoms with E-state index in [1.807, 2.05) is 41.5 Å². The number of hydrogen-bond acceptors (Lipinski definition) is 2. The Labute approximate surface area is 408 Å². The van der Waals surface area contributed by atoms with Crippen LogP contribution in [-0.2, 0) is 12.0 Å². The monoisotopic (exact) mass is 891 g/mol. The first-order valence-electron chi connectivity index (χ1n) is 24.7. The molecular weight excluding hydrogens is 821 g/mol. The fourth-order valence-electron chi connectivity index (χ4n) is 9.07. The molecule has 8 aromatic carbocycles. The summed E-state index contributed by atoms with van der Waals surface area (Å²) >= 11 is 0. The molecule has 0 amide bonds. The van der Waals surface area contributed by atoms with Crippen LogP contribution in [0.1, 0.15) is 93.3 Å². The average molecular weight is 891 g/mol. The topological polar surface area (TPSA) is 52.0 Å². The molecule has 0 radical (unpaired) electrons. The van der Waals surface area contributed by atoms with Crippen LogP contribution < -0.4 is 11.5 Å². The summed E-state index contributed by atoms with van der Waals surface area (Å²) < 4.78 is 0. The van der Waals surface area contributed by atoms with E-state index in [0.29, 0.717) is 5.70 Å². The van der Waals surface area contributed by atoms with Crippen LogP contribution in [-0.4, -0.2) is 0 Å². The normalized spacial score (nSPS) is 13.1. The van der Waals surface area contributed by atoms with Crippen molar-refractivity contribution >= 4 is 22.0 Å². The molecule has 1 unspecified atom stereocenters. The van der Waals surface area contributed by atoms with Crippen LogP contribution in [0.5, 0.6) is 0 Å². The van der Waals surface area contributed by atoms with Crippen LogP contribution in [0.3, 0.4) is 0 Å². The van der Waals surface area contributed by atoms with Gasteiger partial charge >= 0.3 is 0 Å². The number of allylic oxidation sites excluding steroid dienone is 4. The lowest BCUT2D eigenvalue weighted by Crippen LogP contribution is -2.38. The summed E-state index contributed by atoms with van der Waals surface area (Å²) in [5.74, 6) is 0. The van der Waals surface area contributed by atoms with Crippen molar-refractivity contribution in [2.75, 3.05) is 0 Å². The molecule has 8 aromatic rings. The van der Waals surface area contributed by atoms with E-state index in [2.05, 4.69) is 232 Å². The molecule has 344 valence electrons. The Balaban J connectivity index is 0.00000122. The van der Waals surface area contributed by atoms with Gasteiger partial charge in [-0.3, -0.25) is 0 Å². The first-order valence-corrected chi connectivity index (χ1v) is 24.7. The van der Waals surface area contributed by atoms with E-state index >= 15 is 0 Å². The number of benzene rings is 8. The van der Waals surface area contributed by atoms with E-state index in [-0.39, 0.29) is 0 Å². The van der Waals surface area contributed by atoms with Crippen LogP contribution in [0.2, 0.25) is 0 Å². The molecule has 0 spiro atoms. The zero-order chi connectivity index (χ0) is 48.5. The molecule has 68 heavy (non-hydrogen) atoms. The van der Waals surface area contributed by atoms with Crippen LogP contribution in [0.25, 0.3) is 55.4 Å². The van der Waals surface area contributed by atoms with Crippen molar-refractivity contribution in [1.82, 2.24) is 0 Å². The van der Waals surface area contributed by atoms with E-state index in [1.165, 1.54) is 55.6 Å². The summed E-state index contributed by atoms with van der Waals surface area (Å²) in [7, 11) is 0. The summed E-state index contributed by atoms with van der Waals surface area (Å²) in [6, 6.07) is 67.4. The minimum absolute atomic E-state index is 0.669. The van der Waals surface area contributed by atoms with Crippen molar-refractivity contribution in [1.29, 1.82) is 0 Å². The molecule has 1 aliphatic rings. The lowest BCUT2D eigenvalue weighted by Gasteiger charge is -2.32. The zero-order valence-electron chi connectivity index (χ0n) is 41.6. The van der Waals surface area contributed by atoms with Crippen molar-refractivity contribution in [3.05, 3.63) is 263 Å². The second-order valence-electron chi connectivity index (χ2n) is 16.5. The first-order chi connectivity index (χ1) is 33.4. The molecule has 2 nitrogen and oxygen atoms in total. The van der Waals surface area contributed by atoms with Gasteiger partial charge < -0.3 is 11.5 Å². The van der Waals surface area contributed by atoms with Gasteiger partial charge in [0.2, 0.25) is 0 Å². The Morgan fingerprint density at radius 3 is 1.78 bits per heavy atom. The highest BCUT2D eigenvalue weighted by atomic mass is 14.8. The van der Waals surface area contributed by atoms with E-state index in [0.717, 1.165) is 57.9 Å². The van der Waals surface area contributed by atoms with E-state index < -0.39 is 5.54 Å². The third-order valence-corrected chi connectivity index (χ3v) is 12.5. The maximum Gasteiger partial charge on any atom is 0.0838 e. The summed E-state index contributed by atoms with van der Waals surface area (Å²) in [4.78, 5) is 0. The maximum absolute atomic E-state index is 7.58. The van der Waals surface area contributed by atoms with E-state index in [1.54, 1.807) is 0 Å². The number of nitrogens with two attached hydrogens (primary N) is 2. The quantitative estimate of drug-likeness (QED) is 0.136. The molecule has 1 aliphatic carbocycles. The van der Waals surface area contributed by atoms with Gasteiger partial charge in [-0.15, -0.1) is 0 Å². The van der Waals surface area contributed by atoms with Gasteiger partial charge in [0.1, 0.15) is 0 Å². The molecule has 0 bridgehead atoms. The highest BCUT2D eigenvalue weighted by Gasteiger charge is 2.31. The highest BCUT2D eigenvalue weighted by molar-refractivity contribution is 5.94. The first kappa shape index (κ1) is 50.2. The number of rotatable bonds is 11. The predicted molar refractivity (Wildman–Crippen MR) is 298 cm³/mol. The molecule has 0 saturated heterocycles. The largest absolute Gasteiger partial charge is 0.398 e. The molecule has 4 N–H and O–H groups in total. The van der Waals surface area contributed by atoms with Crippen molar-refractivity contribution in [3.8, 4) is 33.4 Å². The van der Waals surface area contributed by atoms with Gasteiger partial charge in [0.05, 0.1) is 5.54 Å². The van der Waals surface area contributed by atoms with Gasteiger partial charge in [-0.1, -0.05) is 248 Å².